The summed E-state index contributed by atoms with van der Waals surface area (Å²) in [6.45, 7) is 3.90. The number of carbonyl (C=O) groups is 1. The molecule has 0 spiro atoms. The van der Waals surface area contributed by atoms with E-state index >= 15 is 0 Å². The number of anilines is 1. The van der Waals surface area contributed by atoms with Gasteiger partial charge in [0.25, 0.3) is 0 Å². The summed E-state index contributed by atoms with van der Waals surface area (Å²) >= 11 is 0. The molecule has 1 aliphatic carbocycles. The summed E-state index contributed by atoms with van der Waals surface area (Å²) in [7, 11) is 0. The van der Waals surface area contributed by atoms with Gasteiger partial charge in [0.2, 0.25) is 5.91 Å². The summed E-state index contributed by atoms with van der Waals surface area (Å²) in [4.78, 5) is 12.1. The predicted molar refractivity (Wildman–Crippen MR) is 83.5 cm³/mol. The van der Waals surface area contributed by atoms with Crippen LogP contribution in [0.15, 0.2) is 18.2 Å². The second kappa shape index (κ2) is 5.72. The van der Waals surface area contributed by atoms with E-state index in [1.54, 1.807) is 0 Å². The number of rotatable bonds is 3. The Morgan fingerprint density at radius 3 is 2.71 bits per heavy atom. The highest BCUT2D eigenvalue weighted by atomic mass is 16.1. The number of nitrogens with zero attached hydrogens (tertiary/aromatic N) is 1. The van der Waals surface area contributed by atoms with Crippen molar-refractivity contribution in [1.82, 2.24) is 10.2 Å². The molecule has 1 heterocycles. The second-order valence-corrected chi connectivity index (χ2v) is 5.86. The van der Waals surface area contributed by atoms with Crippen LogP contribution in [0.5, 0.6) is 0 Å². The van der Waals surface area contributed by atoms with Gasteiger partial charge in [-0.05, 0) is 56.2 Å². The molecule has 0 saturated carbocycles. The lowest BCUT2D eigenvalue weighted by molar-refractivity contribution is -0.115. The van der Waals surface area contributed by atoms with E-state index in [1.807, 2.05) is 13.8 Å². The van der Waals surface area contributed by atoms with Gasteiger partial charge >= 0.3 is 0 Å². The Kier molecular flexibility index (Phi) is 3.78. The minimum atomic E-state index is -0.0136. The molecule has 0 saturated heterocycles. The van der Waals surface area contributed by atoms with E-state index < -0.39 is 0 Å². The maximum Gasteiger partial charge on any atom is 0.230 e. The molecule has 1 amide bonds. The molecule has 0 atom stereocenters. The van der Waals surface area contributed by atoms with E-state index in [9.17, 15) is 4.79 Å². The molecule has 4 nitrogen and oxygen atoms in total. The fraction of sp³-hybridized carbons (Fsp3) is 0.412. The molecular weight excluding hydrogens is 262 g/mol. The minimum Gasteiger partial charge on any atom is -0.309 e. The van der Waals surface area contributed by atoms with Gasteiger partial charge in [-0.3, -0.25) is 9.89 Å². The number of carbonyl (C=O) groups excluding carboxylic acids is 1. The Balaban J connectivity index is 1.68. The number of nitrogens with one attached hydrogen (secondary N) is 2. The molecule has 1 aromatic heterocycles. The summed E-state index contributed by atoms with van der Waals surface area (Å²) in [5.41, 5.74) is 5.92. The van der Waals surface area contributed by atoms with Crippen molar-refractivity contribution >= 4 is 11.7 Å². The molecule has 0 unspecified atom stereocenters. The number of fused-ring (bicyclic) bond motifs is 1. The molecule has 4 heteroatoms. The van der Waals surface area contributed by atoms with Gasteiger partial charge in [-0.25, -0.2) is 0 Å². The van der Waals surface area contributed by atoms with Crippen LogP contribution in [0.3, 0.4) is 0 Å². The first kappa shape index (κ1) is 13.9. The number of H-pyrrole nitrogens is 1. The third-order valence-corrected chi connectivity index (χ3v) is 4.29. The Morgan fingerprint density at radius 2 is 2.00 bits per heavy atom. The van der Waals surface area contributed by atoms with Crippen molar-refractivity contribution < 1.29 is 4.79 Å². The van der Waals surface area contributed by atoms with E-state index in [2.05, 4.69) is 33.7 Å². The van der Waals surface area contributed by atoms with Gasteiger partial charge in [0.05, 0.1) is 6.42 Å². The predicted octanol–water partition coefficient (Wildman–Crippen LogP) is 3.09. The lowest BCUT2D eigenvalue weighted by Gasteiger charge is -2.16. The van der Waals surface area contributed by atoms with E-state index in [0.717, 1.165) is 23.2 Å². The summed E-state index contributed by atoms with van der Waals surface area (Å²) in [6, 6.07) is 6.45. The Labute approximate surface area is 125 Å². The van der Waals surface area contributed by atoms with Crippen LogP contribution in [0.25, 0.3) is 0 Å². The van der Waals surface area contributed by atoms with Crippen molar-refractivity contribution in [2.45, 2.75) is 46.0 Å². The van der Waals surface area contributed by atoms with Gasteiger partial charge in [0, 0.05) is 11.3 Å². The minimum absolute atomic E-state index is 0.0136. The smallest absolute Gasteiger partial charge is 0.230 e. The monoisotopic (exact) mass is 283 g/mol. The van der Waals surface area contributed by atoms with Gasteiger partial charge in [-0.15, -0.1) is 0 Å². The topological polar surface area (TPSA) is 57.8 Å². The molecule has 3 rings (SSSR count). The normalized spacial score (nSPS) is 13.8. The maximum absolute atomic E-state index is 12.1. The Morgan fingerprint density at radius 1 is 1.24 bits per heavy atom. The zero-order valence-corrected chi connectivity index (χ0v) is 12.6. The van der Waals surface area contributed by atoms with Crippen molar-refractivity contribution in [3.8, 4) is 0 Å². The van der Waals surface area contributed by atoms with Gasteiger partial charge in [0.1, 0.15) is 0 Å². The number of benzene rings is 1. The number of aryl methyl sites for hydroxylation is 3. The number of aromatic nitrogens is 2. The fourth-order valence-electron chi connectivity index (χ4n) is 2.87. The lowest BCUT2D eigenvalue weighted by Crippen LogP contribution is -2.16. The Bertz CT molecular complexity index is 673. The highest BCUT2D eigenvalue weighted by molar-refractivity contribution is 5.92. The molecule has 2 N–H and O–H groups in total. The van der Waals surface area contributed by atoms with E-state index in [4.69, 9.17) is 0 Å². The third-order valence-electron chi connectivity index (χ3n) is 4.29. The van der Waals surface area contributed by atoms with Crippen molar-refractivity contribution in [1.29, 1.82) is 0 Å². The first-order chi connectivity index (χ1) is 10.1. The van der Waals surface area contributed by atoms with Gasteiger partial charge in [0.15, 0.2) is 5.82 Å². The highest BCUT2D eigenvalue weighted by Gasteiger charge is 2.13. The highest BCUT2D eigenvalue weighted by Crippen LogP contribution is 2.22. The SMILES string of the molecule is Cc1[nH]nc(NC(=O)Cc2ccc3c(c2)CCCC3)c1C. The van der Waals surface area contributed by atoms with Crippen LogP contribution in [0.4, 0.5) is 5.82 Å². The molecule has 110 valence electrons. The van der Waals surface area contributed by atoms with Crippen molar-refractivity contribution in [2.75, 3.05) is 5.32 Å². The van der Waals surface area contributed by atoms with Crippen LogP contribution in [-0.2, 0) is 24.1 Å². The quantitative estimate of drug-likeness (QED) is 0.909. The van der Waals surface area contributed by atoms with E-state index in [1.165, 1.54) is 30.4 Å². The molecule has 0 aliphatic heterocycles. The molecule has 0 radical (unpaired) electrons. The van der Waals surface area contributed by atoms with Gasteiger partial charge < -0.3 is 5.32 Å². The third kappa shape index (κ3) is 2.99. The van der Waals surface area contributed by atoms with Crippen molar-refractivity contribution in [3.05, 3.63) is 46.1 Å². The zero-order chi connectivity index (χ0) is 14.8. The molecule has 0 fully saturated rings. The van der Waals surface area contributed by atoms with Gasteiger partial charge in [-0.1, -0.05) is 18.2 Å². The average Bonchev–Trinajstić information content (AvgIpc) is 2.79. The van der Waals surface area contributed by atoms with Gasteiger partial charge in [-0.2, -0.15) is 5.10 Å². The first-order valence-corrected chi connectivity index (χ1v) is 7.55. The average molecular weight is 283 g/mol. The maximum atomic E-state index is 12.1. The van der Waals surface area contributed by atoms with Crippen LogP contribution < -0.4 is 5.32 Å². The molecule has 21 heavy (non-hydrogen) atoms. The number of amides is 1. The second-order valence-electron chi connectivity index (χ2n) is 5.86. The standard InChI is InChI=1S/C17H21N3O/c1-11-12(2)19-20-17(11)18-16(21)10-13-7-8-14-5-3-4-6-15(14)9-13/h7-9H,3-6,10H2,1-2H3,(H2,18,19,20,21). The van der Waals surface area contributed by atoms with Crippen LogP contribution in [0.1, 0.15) is 40.8 Å². The van der Waals surface area contributed by atoms with Crippen molar-refractivity contribution in [3.63, 3.8) is 0 Å². The summed E-state index contributed by atoms with van der Waals surface area (Å²) in [5.74, 6) is 0.621. The summed E-state index contributed by atoms with van der Waals surface area (Å²) in [6.07, 6.45) is 5.26. The molecule has 1 aromatic carbocycles. The van der Waals surface area contributed by atoms with Crippen molar-refractivity contribution in [2.24, 2.45) is 0 Å². The van der Waals surface area contributed by atoms with E-state index in [0.29, 0.717) is 12.2 Å². The largest absolute Gasteiger partial charge is 0.309 e. The van der Waals surface area contributed by atoms with Crippen LogP contribution >= 0.6 is 0 Å². The number of hydrogen-bond donors (Lipinski definition) is 2. The zero-order valence-electron chi connectivity index (χ0n) is 12.6. The summed E-state index contributed by atoms with van der Waals surface area (Å²) in [5, 5.41) is 9.87. The fourth-order valence-corrected chi connectivity index (χ4v) is 2.87. The molecule has 0 bridgehead atoms. The number of hydrogen-bond acceptors (Lipinski definition) is 2. The summed E-state index contributed by atoms with van der Waals surface area (Å²) < 4.78 is 0. The number of aromatic amines is 1. The molecular formula is C17H21N3O. The first-order valence-electron chi connectivity index (χ1n) is 7.55. The molecule has 1 aliphatic rings. The van der Waals surface area contributed by atoms with Crippen LogP contribution in [-0.4, -0.2) is 16.1 Å². The molecule has 2 aromatic rings. The Hall–Kier alpha value is -2.10. The van der Waals surface area contributed by atoms with E-state index in [-0.39, 0.29) is 5.91 Å². The lowest BCUT2D eigenvalue weighted by atomic mass is 9.90. The van der Waals surface area contributed by atoms with Crippen LogP contribution in [0.2, 0.25) is 0 Å². The van der Waals surface area contributed by atoms with Crippen LogP contribution in [0, 0.1) is 13.8 Å².